The molecule has 2 aromatic heterocycles. The van der Waals surface area contributed by atoms with E-state index in [0.29, 0.717) is 34.0 Å². The van der Waals surface area contributed by atoms with Gasteiger partial charge < -0.3 is 18.5 Å². The third-order valence-electron chi connectivity index (χ3n) is 4.46. The number of furan rings is 1. The predicted octanol–water partition coefficient (Wildman–Crippen LogP) is 3.15. The SMILES string of the molecule is C[C@@H]1CN(c2oc(/C=C3\SC(=S)N(Cc4ccco4)C3=O)nc2C#N)C[C@H](C)O1. The minimum absolute atomic E-state index is 0.0108. The Morgan fingerprint density at radius 2 is 2.17 bits per heavy atom. The van der Waals surface area contributed by atoms with Crippen LogP contribution in [-0.2, 0) is 16.1 Å². The van der Waals surface area contributed by atoms with E-state index in [0.717, 1.165) is 0 Å². The summed E-state index contributed by atoms with van der Waals surface area (Å²) in [7, 11) is 0. The number of nitrogens with zero attached hydrogens (tertiary/aromatic N) is 4. The van der Waals surface area contributed by atoms with Gasteiger partial charge in [-0.2, -0.15) is 10.2 Å². The van der Waals surface area contributed by atoms with Crippen LogP contribution in [0.15, 0.2) is 32.1 Å². The third-order valence-corrected chi connectivity index (χ3v) is 5.84. The maximum Gasteiger partial charge on any atom is 0.266 e. The molecule has 2 aliphatic rings. The molecule has 4 heterocycles. The summed E-state index contributed by atoms with van der Waals surface area (Å²) in [6.45, 7) is 5.39. The fourth-order valence-corrected chi connectivity index (χ4v) is 4.55. The van der Waals surface area contributed by atoms with Crippen LogP contribution in [0.3, 0.4) is 0 Å². The predicted molar refractivity (Wildman–Crippen MR) is 111 cm³/mol. The Kier molecular flexibility index (Phi) is 5.45. The monoisotopic (exact) mass is 430 g/mol. The Hall–Kier alpha value is -2.61. The lowest BCUT2D eigenvalue weighted by molar-refractivity contribution is -0.122. The zero-order valence-corrected chi connectivity index (χ0v) is 17.5. The van der Waals surface area contributed by atoms with Crippen LogP contribution in [0.4, 0.5) is 5.88 Å². The molecular formula is C19H18N4O4S2. The first-order valence-electron chi connectivity index (χ1n) is 9.03. The fraction of sp³-hybridized carbons (Fsp3) is 0.368. The molecule has 10 heteroatoms. The van der Waals surface area contributed by atoms with Crippen LogP contribution in [0.2, 0.25) is 0 Å². The highest BCUT2D eigenvalue weighted by Gasteiger charge is 2.34. The quantitative estimate of drug-likeness (QED) is 0.535. The van der Waals surface area contributed by atoms with E-state index < -0.39 is 0 Å². The maximum atomic E-state index is 12.7. The molecule has 0 saturated carbocycles. The van der Waals surface area contributed by atoms with Crippen LogP contribution in [0.5, 0.6) is 0 Å². The normalized spacial score (nSPS) is 23.8. The number of anilines is 1. The first-order valence-corrected chi connectivity index (χ1v) is 10.3. The van der Waals surface area contributed by atoms with Crippen LogP contribution < -0.4 is 4.90 Å². The van der Waals surface area contributed by atoms with E-state index in [2.05, 4.69) is 11.1 Å². The van der Waals surface area contributed by atoms with Crippen molar-refractivity contribution in [1.29, 1.82) is 5.26 Å². The molecule has 0 N–H and O–H groups in total. The van der Waals surface area contributed by atoms with Crippen LogP contribution in [0.25, 0.3) is 6.08 Å². The first-order chi connectivity index (χ1) is 13.9. The van der Waals surface area contributed by atoms with Gasteiger partial charge in [0.25, 0.3) is 5.91 Å². The maximum absolute atomic E-state index is 12.7. The van der Waals surface area contributed by atoms with Crippen molar-refractivity contribution in [2.75, 3.05) is 18.0 Å². The molecule has 0 aliphatic carbocycles. The standard InChI is InChI=1S/C19H18N4O4S2/c1-11-8-22(9-12(2)26-11)18-14(7-20)21-16(27-18)6-15-17(24)23(19(28)29-15)10-13-4-3-5-25-13/h3-6,11-12H,8-10H2,1-2H3/b15-6-/t11-,12+. The lowest BCUT2D eigenvalue weighted by Gasteiger charge is -2.34. The highest BCUT2D eigenvalue weighted by atomic mass is 32.2. The minimum atomic E-state index is -0.247. The number of hydrogen-bond acceptors (Lipinski definition) is 9. The smallest absolute Gasteiger partial charge is 0.266 e. The van der Waals surface area contributed by atoms with Gasteiger partial charge in [-0.25, -0.2) is 0 Å². The Morgan fingerprint density at radius 1 is 1.41 bits per heavy atom. The molecule has 8 nitrogen and oxygen atoms in total. The Labute approximate surface area is 177 Å². The van der Waals surface area contributed by atoms with E-state index in [9.17, 15) is 10.1 Å². The van der Waals surface area contributed by atoms with Crippen LogP contribution in [-0.4, -0.2) is 45.4 Å². The number of carbonyl (C=O) groups is 1. The summed E-state index contributed by atoms with van der Waals surface area (Å²) in [6.07, 6.45) is 3.10. The highest BCUT2D eigenvalue weighted by molar-refractivity contribution is 8.26. The van der Waals surface area contributed by atoms with E-state index in [-0.39, 0.29) is 36.2 Å². The van der Waals surface area contributed by atoms with Crippen molar-refractivity contribution in [2.24, 2.45) is 0 Å². The Bertz CT molecular complexity index is 998. The molecule has 29 heavy (non-hydrogen) atoms. The van der Waals surface area contributed by atoms with Crippen LogP contribution in [0.1, 0.15) is 31.2 Å². The van der Waals surface area contributed by atoms with E-state index in [1.807, 2.05) is 18.7 Å². The van der Waals surface area contributed by atoms with Gasteiger partial charge in [-0.15, -0.1) is 0 Å². The summed E-state index contributed by atoms with van der Waals surface area (Å²) < 4.78 is 17.3. The summed E-state index contributed by atoms with van der Waals surface area (Å²) in [4.78, 5) is 20.8. The first kappa shape index (κ1) is 19.7. The number of thioether (sulfide) groups is 1. The van der Waals surface area contributed by atoms with Gasteiger partial charge >= 0.3 is 0 Å². The Morgan fingerprint density at radius 3 is 2.83 bits per heavy atom. The number of oxazole rings is 1. The lowest BCUT2D eigenvalue weighted by Crippen LogP contribution is -2.45. The summed E-state index contributed by atoms with van der Waals surface area (Å²) in [5, 5.41) is 9.47. The van der Waals surface area contributed by atoms with Crippen molar-refractivity contribution < 1.29 is 18.4 Å². The summed E-state index contributed by atoms with van der Waals surface area (Å²) in [6, 6.07) is 5.61. The van der Waals surface area contributed by atoms with Gasteiger partial charge in [0.15, 0.2) is 0 Å². The van der Waals surface area contributed by atoms with Crippen molar-refractivity contribution in [3.8, 4) is 6.07 Å². The van der Waals surface area contributed by atoms with E-state index >= 15 is 0 Å². The summed E-state index contributed by atoms with van der Waals surface area (Å²) in [5.74, 6) is 0.986. The molecule has 2 fully saturated rings. The second-order valence-corrected chi connectivity index (χ2v) is 8.50. The number of amides is 1. The molecule has 0 unspecified atom stereocenters. The van der Waals surface area contributed by atoms with Gasteiger partial charge in [0, 0.05) is 19.2 Å². The van der Waals surface area contributed by atoms with Gasteiger partial charge in [-0.05, 0) is 26.0 Å². The molecular weight excluding hydrogens is 412 g/mol. The number of carbonyl (C=O) groups excluding carboxylic acids is 1. The van der Waals surface area contributed by atoms with Gasteiger partial charge in [-0.3, -0.25) is 9.69 Å². The average Bonchev–Trinajstić information content (AvgIpc) is 3.38. The van der Waals surface area contributed by atoms with E-state index in [1.165, 1.54) is 22.7 Å². The lowest BCUT2D eigenvalue weighted by atomic mass is 10.2. The van der Waals surface area contributed by atoms with Crippen molar-refractivity contribution in [1.82, 2.24) is 9.88 Å². The average molecular weight is 431 g/mol. The zero-order valence-electron chi connectivity index (χ0n) is 15.8. The summed E-state index contributed by atoms with van der Waals surface area (Å²) in [5.41, 5.74) is 0.184. The molecule has 0 aromatic carbocycles. The highest BCUT2D eigenvalue weighted by Crippen LogP contribution is 2.34. The number of ether oxygens (including phenoxy) is 1. The molecule has 2 aliphatic heterocycles. The van der Waals surface area contributed by atoms with E-state index in [4.69, 9.17) is 25.8 Å². The van der Waals surface area contributed by atoms with Crippen molar-refractivity contribution in [3.63, 3.8) is 0 Å². The number of hydrogen-bond donors (Lipinski definition) is 0. The van der Waals surface area contributed by atoms with Gasteiger partial charge in [0.1, 0.15) is 16.2 Å². The topological polar surface area (TPSA) is 95.7 Å². The van der Waals surface area contributed by atoms with Crippen LogP contribution >= 0.6 is 24.0 Å². The van der Waals surface area contributed by atoms with Gasteiger partial charge in [0.2, 0.25) is 17.5 Å². The third kappa shape index (κ3) is 4.07. The number of rotatable bonds is 4. The molecule has 2 saturated heterocycles. The number of aromatic nitrogens is 1. The molecule has 2 atom stereocenters. The van der Waals surface area contributed by atoms with Gasteiger partial charge in [-0.1, -0.05) is 24.0 Å². The summed E-state index contributed by atoms with van der Waals surface area (Å²) >= 11 is 6.49. The second-order valence-electron chi connectivity index (χ2n) is 6.83. The second kappa shape index (κ2) is 8.02. The van der Waals surface area contributed by atoms with Crippen LogP contribution in [0, 0.1) is 11.3 Å². The molecule has 2 aromatic rings. The Balaban J connectivity index is 1.57. The van der Waals surface area contributed by atoms with E-state index in [1.54, 1.807) is 18.4 Å². The number of morpholine rings is 1. The van der Waals surface area contributed by atoms with Crippen molar-refractivity contribution in [3.05, 3.63) is 40.6 Å². The van der Waals surface area contributed by atoms with Gasteiger partial charge in [0.05, 0.1) is 29.9 Å². The largest absolute Gasteiger partial charge is 0.467 e. The molecule has 0 radical (unpaired) electrons. The van der Waals surface area contributed by atoms with Crippen molar-refractivity contribution >= 4 is 46.2 Å². The molecule has 0 spiro atoms. The molecule has 4 rings (SSSR count). The molecule has 150 valence electrons. The molecule has 1 amide bonds. The zero-order chi connectivity index (χ0) is 20.5. The fourth-order valence-electron chi connectivity index (χ4n) is 3.33. The number of thiocarbonyl (C=S) groups is 1. The minimum Gasteiger partial charge on any atom is -0.467 e. The molecule has 0 bridgehead atoms. The van der Waals surface area contributed by atoms with Crippen molar-refractivity contribution in [2.45, 2.75) is 32.6 Å². The number of nitriles is 1.